The van der Waals surface area contributed by atoms with E-state index < -0.39 is 0 Å². The number of nitrogens with zero attached hydrogens (tertiary/aromatic N) is 6. The third-order valence-electron chi connectivity index (χ3n) is 11.4. The number of hydrogen-bond acceptors (Lipinski definition) is 8. The fourth-order valence-corrected chi connectivity index (χ4v) is 8.76. The molecule has 0 spiro atoms. The van der Waals surface area contributed by atoms with Crippen LogP contribution in [0.4, 0.5) is 34.1 Å². The zero-order valence-electron chi connectivity index (χ0n) is 31.7. The molecular formula is C52H28N6O2. The molecule has 0 saturated carbocycles. The van der Waals surface area contributed by atoms with Crippen LogP contribution in [0.1, 0.15) is 11.4 Å². The van der Waals surface area contributed by atoms with Crippen molar-refractivity contribution in [2.75, 3.05) is 9.80 Å². The van der Waals surface area contributed by atoms with Crippen LogP contribution < -0.4 is 19.3 Å². The molecular weight excluding hydrogens is 741 g/mol. The first-order valence-corrected chi connectivity index (χ1v) is 19.5. The molecule has 2 aliphatic heterocycles. The van der Waals surface area contributed by atoms with Crippen LogP contribution in [0.25, 0.3) is 55.5 Å². The molecule has 0 amide bonds. The lowest BCUT2D eigenvalue weighted by molar-refractivity contribution is 0.477. The Balaban J connectivity index is 0.980. The van der Waals surface area contributed by atoms with Crippen LogP contribution in [0.5, 0.6) is 23.0 Å². The fraction of sp³-hybridized carbons (Fsp3) is 0. The number of rotatable bonds is 4. The average molecular weight is 769 g/mol. The van der Waals surface area contributed by atoms with Crippen LogP contribution in [0, 0.1) is 22.7 Å². The van der Waals surface area contributed by atoms with Gasteiger partial charge >= 0.3 is 0 Å². The van der Waals surface area contributed by atoms with Crippen molar-refractivity contribution in [2.24, 2.45) is 0 Å². The quantitative estimate of drug-likeness (QED) is 0.174. The molecule has 3 aliphatic rings. The van der Waals surface area contributed by atoms with E-state index in [4.69, 9.17) is 19.4 Å². The van der Waals surface area contributed by atoms with Gasteiger partial charge in [-0.05, 0) is 125 Å². The number of benzene rings is 8. The number of ether oxygens (including phenoxy) is 2. The van der Waals surface area contributed by atoms with Crippen molar-refractivity contribution in [1.82, 2.24) is 9.97 Å². The molecule has 0 radical (unpaired) electrons. The normalized spacial score (nSPS) is 12.5. The summed E-state index contributed by atoms with van der Waals surface area (Å²) in [6.07, 6.45) is 0. The molecule has 0 bridgehead atoms. The highest BCUT2D eigenvalue weighted by molar-refractivity contribution is 6.16. The number of aromatic nitrogens is 2. The fourth-order valence-electron chi connectivity index (χ4n) is 8.76. The first-order valence-electron chi connectivity index (χ1n) is 19.5. The monoisotopic (exact) mass is 768 g/mol. The summed E-state index contributed by atoms with van der Waals surface area (Å²) in [5.41, 5.74) is 12.9. The van der Waals surface area contributed by atoms with Gasteiger partial charge in [0.25, 0.3) is 0 Å². The highest BCUT2D eigenvalue weighted by atomic mass is 16.5. The van der Waals surface area contributed by atoms with E-state index in [2.05, 4.69) is 119 Å². The standard InChI is InChI=1S/C52H28N6O2/c53-29-40-41(30-54)56-52-39-28-34(32-19-23-37(24-20-32)58-44-11-3-7-15-48(44)60-49-16-8-4-12-45(49)58)26-35-25-33(27-38(50(35)39)51(52)55-40)31-17-21-36(22-18-31)57-42-9-1-5-13-46(42)59-47-14-6-2-10-43(47)57/h1-28H. The smallest absolute Gasteiger partial charge is 0.177 e. The van der Waals surface area contributed by atoms with Crippen LogP contribution in [0.15, 0.2) is 170 Å². The molecule has 1 aromatic heterocycles. The summed E-state index contributed by atoms with van der Waals surface area (Å²) in [5.74, 6) is 3.19. The minimum atomic E-state index is 0.0140. The maximum absolute atomic E-state index is 9.97. The van der Waals surface area contributed by atoms with Crippen molar-refractivity contribution in [3.05, 3.63) is 181 Å². The summed E-state index contributed by atoms with van der Waals surface area (Å²) >= 11 is 0. The van der Waals surface area contributed by atoms with E-state index in [9.17, 15) is 10.5 Å². The Morgan fingerprint density at radius 1 is 0.400 bits per heavy atom. The van der Waals surface area contributed by atoms with E-state index in [1.807, 2.05) is 72.8 Å². The van der Waals surface area contributed by atoms with Crippen molar-refractivity contribution in [3.8, 4) is 79.9 Å². The molecule has 1 aliphatic carbocycles. The molecule has 8 nitrogen and oxygen atoms in total. The molecule has 60 heavy (non-hydrogen) atoms. The van der Waals surface area contributed by atoms with Gasteiger partial charge in [-0.1, -0.05) is 72.8 Å². The van der Waals surface area contributed by atoms with Gasteiger partial charge in [0.05, 0.1) is 34.1 Å². The summed E-state index contributed by atoms with van der Waals surface area (Å²) in [4.78, 5) is 14.0. The number of nitriles is 2. The van der Waals surface area contributed by atoms with Gasteiger partial charge in [0.15, 0.2) is 34.4 Å². The van der Waals surface area contributed by atoms with Crippen LogP contribution in [0.3, 0.4) is 0 Å². The third kappa shape index (κ3) is 5.02. The second-order valence-electron chi connectivity index (χ2n) is 14.8. The largest absolute Gasteiger partial charge is 0.453 e. The van der Waals surface area contributed by atoms with Gasteiger partial charge < -0.3 is 19.3 Å². The van der Waals surface area contributed by atoms with Crippen molar-refractivity contribution < 1.29 is 9.47 Å². The summed E-state index contributed by atoms with van der Waals surface area (Å²) in [5, 5.41) is 21.9. The van der Waals surface area contributed by atoms with E-state index in [1.54, 1.807) is 0 Å². The van der Waals surface area contributed by atoms with E-state index in [0.29, 0.717) is 11.4 Å². The van der Waals surface area contributed by atoms with Crippen LogP contribution >= 0.6 is 0 Å². The summed E-state index contributed by atoms with van der Waals surface area (Å²) in [6, 6.07) is 62.2. The highest BCUT2D eigenvalue weighted by Crippen LogP contribution is 2.53. The molecule has 0 N–H and O–H groups in total. The summed E-state index contributed by atoms with van der Waals surface area (Å²) in [7, 11) is 0. The van der Waals surface area contributed by atoms with Gasteiger partial charge in [-0.2, -0.15) is 10.5 Å². The van der Waals surface area contributed by atoms with Gasteiger partial charge in [0.1, 0.15) is 12.1 Å². The van der Waals surface area contributed by atoms with Crippen molar-refractivity contribution in [3.63, 3.8) is 0 Å². The van der Waals surface area contributed by atoms with E-state index >= 15 is 0 Å². The maximum atomic E-state index is 9.97. The molecule has 0 unspecified atom stereocenters. The Hall–Kier alpha value is -8.72. The second-order valence-corrected chi connectivity index (χ2v) is 14.8. The molecule has 8 heteroatoms. The van der Waals surface area contributed by atoms with Crippen molar-refractivity contribution in [1.29, 1.82) is 10.5 Å². The van der Waals surface area contributed by atoms with E-state index in [0.717, 1.165) is 101 Å². The average Bonchev–Trinajstić information content (AvgIpc) is 3.61. The minimum Gasteiger partial charge on any atom is -0.453 e. The van der Waals surface area contributed by atoms with E-state index in [1.165, 1.54) is 0 Å². The SMILES string of the molecule is N#Cc1nc2c(nc1C#N)-c1cc(-c3ccc(N4c5ccccc5Oc5ccccc54)cc3)cc3cc(-c4ccc(N5c6ccccc6Oc6ccccc65)cc4)cc-2c13. The lowest BCUT2D eigenvalue weighted by Crippen LogP contribution is -2.15. The number of anilines is 6. The first-order chi connectivity index (χ1) is 29.6. The minimum absolute atomic E-state index is 0.0140. The van der Waals surface area contributed by atoms with Crippen molar-refractivity contribution >= 4 is 44.9 Å². The number of hydrogen-bond donors (Lipinski definition) is 0. The zero-order valence-corrected chi connectivity index (χ0v) is 31.7. The van der Waals surface area contributed by atoms with E-state index in [-0.39, 0.29) is 11.4 Å². The van der Waals surface area contributed by atoms with Crippen molar-refractivity contribution in [2.45, 2.75) is 0 Å². The number of fused-ring (bicyclic) bond motifs is 7. The molecule has 278 valence electrons. The first kappa shape index (κ1) is 33.4. The number of para-hydroxylation sites is 8. The molecule has 12 rings (SSSR count). The van der Waals surface area contributed by atoms with Gasteiger partial charge in [-0.15, -0.1) is 0 Å². The molecule has 0 atom stereocenters. The van der Waals surface area contributed by atoms with Crippen LogP contribution in [-0.4, -0.2) is 9.97 Å². The van der Waals surface area contributed by atoms with Gasteiger partial charge in [-0.25, -0.2) is 9.97 Å². The highest BCUT2D eigenvalue weighted by Gasteiger charge is 2.30. The molecule has 3 heterocycles. The predicted molar refractivity (Wildman–Crippen MR) is 234 cm³/mol. The Morgan fingerprint density at radius 2 is 0.750 bits per heavy atom. The molecule has 9 aromatic rings. The van der Waals surface area contributed by atoms with Gasteiger partial charge in [-0.3, -0.25) is 0 Å². The van der Waals surface area contributed by atoms with Crippen LogP contribution in [-0.2, 0) is 0 Å². The molecule has 0 fully saturated rings. The summed E-state index contributed by atoms with van der Waals surface area (Å²) < 4.78 is 12.5. The topological polar surface area (TPSA) is 98.3 Å². The van der Waals surface area contributed by atoms with Gasteiger partial charge in [0.2, 0.25) is 0 Å². The predicted octanol–water partition coefficient (Wildman–Crippen LogP) is 13.5. The summed E-state index contributed by atoms with van der Waals surface area (Å²) in [6.45, 7) is 0. The Morgan fingerprint density at radius 3 is 1.10 bits per heavy atom. The second kappa shape index (κ2) is 12.9. The lowest BCUT2D eigenvalue weighted by Gasteiger charge is -2.32. The lowest BCUT2D eigenvalue weighted by atomic mass is 9.93. The zero-order chi connectivity index (χ0) is 39.9. The van der Waals surface area contributed by atoms with Crippen LogP contribution in [0.2, 0.25) is 0 Å². The Bertz CT molecular complexity index is 3050. The molecule has 8 aromatic carbocycles. The third-order valence-corrected chi connectivity index (χ3v) is 11.4. The Kier molecular flexibility index (Phi) is 7.19. The molecule has 0 saturated heterocycles. The Labute approximate surface area is 344 Å². The van der Waals surface area contributed by atoms with Gasteiger partial charge in [0, 0.05) is 27.9 Å². The maximum Gasteiger partial charge on any atom is 0.177 e.